The van der Waals surface area contributed by atoms with Crippen molar-refractivity contribution in [2.75, 3.05) is 19.4 Å². The highest BCUT2D eigenvalue weighted by Crippen LogP contribution is 2.42. The van der Waals surface area contributed by atoms with Gasteiger partial charge < -0.3 is 15.0 Å². The summed E-state index contributed by atoms with van der Waals surface area (Å²) in [7, 11) is 1.58. The van der Waals surface area contributed by atoms with E-state index in [0.29, 0.717) is 40.1 Å². The third kappa shape index (κ3) is 5.52. The van der Waals surface area contributed by atoms with Crippen LogP contribution in [0.25, 0.3) is 0 Å². The number of rotatable bonds is 7. The SMILES string of the molecule is COc1ccc(C(=O)N2C(C(=O)NCCc3ccc(Cl)cc3Cl)CSC2c2ccccc2)cc1. The number of amides is 2. The summed E-state index contributed by atoms with van der Waals surface area (Å²) in [4.78, 5) is 28.5. The van der Waals surface area contributed by atoms with Crippen molar-refractivity contribution in [3.8, 4) is 5.75 Å². The molecule has 1 saturated heterocycles. The fraction of sp³-hybridized carbons (Fsp3) is 0.231. The summed E-state index contributed by atoms with van der Waals surface area (Å²) in [5, 5.41) is 3.87. The highest BCUT2D eigenvalue weighted by atomic mass is 35.5. The Morgan fingerprint density at radius 2 is 1.79 bits per heavy atom. The van der Waals surface area contributed by atoms with Gasteiger partial charge in [0.1, 0.15) is 17.2 Å². The van der Waals surface area contributed by atoms with Crippen molar-refractivity contribution in [1.29, 1.82) is 0 Å². The molecule has 2 amide bonds. The van der Waals surface area contributed by atoms with Gasteiger partial charge in [0, 0.05) is 27.9 Å². The van der Waals surface area contributed by atoms with Gasteiger partial charge in [0.25, 0.3) is 5.91 Å². The lowest BCUT2D eigenvalue weighted by molar-refractivity contribution is -0.124. The van der Waals surface area contributed by atoms with E-state index in [1.807, 2.05) is 36.4 Å². The number of nitrogens with zero attached hydrogens (tertiary/aromatic N) is 1. The lowest BCUT2D eigenvalue weighted by Crippen LogP contribution is -2.48. The Balaban J connectivity index is 1.51. The van der Waals surface area contributed by atoms with Crippen molar-refractivity contribution >= 4 is 46.8 Å². The molecule has 0 aromatic heterocycles. The maximum absolute atomic E-state index is 13.6. The van der Waals surface area contributed by atoms with E-state index in [1.54, 1.807) is 60.2 Å². The molecule has 1 heterocycles. The first kappa shape index (κ1) is 24.5. The standard InChI is InChI=1S/C26H24Cl2N2O3S/c1-33-21-11-8-18(9-12-21)25(32)30-23(16-34-26(30)19-5-3-2-4-6-19)24(31)29-14-13-17-7-10-20(27)15-22(17)28/h2-12,15,23,26H,13-14,16H2,1H3,(H,29,31). The molecule has 34 heavy (non-hydrogen) atoms. The highest BCUT2D eigenvalue weighted by molar-refractivity contribution is 7.99. The van der Waals surface area contributed by atoms with Crippen molar-refractivity contribution in [3.63, 3.8) is 0 Å². The Hall–Kier alpha value is -2.67. The zero-order valence-corrected chi connectivity index (χ0v) is 20.9. The minimum absolute atomic E-state index is 0.183. The first-order chi connectivity index (χ1) is 16.5. The van der Waals surface area contributed by atoms with E-state index < -0.39 is 6.04 Å². The van der Waals surface area contributed by atoms with Gasteiger partial charge in [-0.25, -0.2) is 0 Å². The number of nitrogens with one attached hydrogen (secondary N) is 1. The second-order valence-corrected chi connectivity index (χ2v) is 9.79. The average Bonchev–Trinajstić information content (AvgIpc) is 3.31. The zero-order valence-electron chi connectivity index (χ0n) is 18.5. The van der Waals surface area contributed by atoms with E-state index in [-0.39, 0.29) is 17.2 Å². The molecule has 0 radical (unpaired) electrons. The molecule has 3 aromatic rings. The summed E-state index contributed by atoms with van der Waals surface area (Å²) in [6.07, 6.45) is 0.566. The van der Waals surface area contributed by atoms with Crippen LogP contribution in [0.1, 0.15) is 26.9 Å². The maximum Gasteiger partial charge on any atom is 0.255 e. The number of methoxy groups -OCH3 is 1. The van der Waals surface area contributed by atoms with Gasteiger partial charge in [-0.3, -0.25) is 9.59 Å². The number of hydrogen-bond acceptors (Lipinski definition) is 4. The molecule has 0 saturated carbocycles. The van der Waals surface area contributed by atoms with E-state index in [1.165, 1.54) is 0 Å². The summed E-state index contributed by atoms with van der Waals surface area (Å²) in [5.74, 6) is 0.803. The monoisotopic (exact) mass is 514 g/mol. The quantitative estimate of drug-likeness (QED) is 0.444. The zero-order chi connectivity index (χ0) is 24.1. The van der Waals surface area contributed by atoms with Gasteiger partial charge in [-0.1, -0.05) is 59.6 Å². The van der Waals surface area contributed by atoms with Crippen LogP contribution in [0.2, 0.25) is 10.0 Å². The molecule has 1 aliphatic rings. The van der Waals surface area contributed by atoms with Crippen LogP contribution in [0.4, 0.5) is 0 Å². The van der Waals surface area contributed by atoms with E-state index in [0.717, 1.165) is 11.1 Å². The Morgan fingerprint density at radius 3 is 2.47 bits per heavy atom. The van der Waals surface area contributed by atoms with Crippen molar-refractivity contribution < 1.29 is 14.3 Å². The van der Waals surface area contributed by atoms with E-state index in [2.05, 4.69) is 5.32 Å². The van der Waals surface area contributed by atoms with Gasteiger partial charge in [-0.15, -0.1) is 11.8 Å². The third-order valence-corrected chi connectivity index (χ3v) is 7.58. The molecule has 8 heteroatoms. The predicted octanol–water partition coefficient (Wildman–Crippen LogP) is 5.62. The Kier molecular flexibility index (Phi) is 8.03. The molecule has 2 atom stereocenters. The van der Waals surface area contributed by atoms with E-state index in [4.69, 9.17) is 27.9 Å². The number of thioether (sulfide) groups is 1. The van der Waals surface area contributed by atoms with Gasteiger partial charge in [0.05, 0.1) is 7.11 Å². The molecule has 0 spiro atoms. The Morgan fingerprint density at radius 1 is 1.06 bits per heavy atom. The van der Waals surface area contributed by atoms with Crippen LogP contribution in [-0.4, -0.2) is 42.2 Å². The smallest absolute Gasteiger partial charge is 0.255 e. The second-order valence-electron chi connectivity index (χ2n) is 7.83. The number of hydrogen-bond donors (Lipinski definition) is 1. The summed E-state index contributed by atoms with van der Waals surface area (Å²) >= 11 is 13.8. The molecule has 4 rings (SSSR count). The topological polar surface area (TPSA) is 58.6 Å². The summed E-state index contributed by atoms with van der Waals surface area (Å²) in [6.45, 7) is 0.405. The highest BCUT2D eigenvalue weighted by Gasteiger charge is 2.42. The molecule has 1 aliphatic heterocycles. The summed E-state index contributed by atoms with van der Waals surface area (Å²) in [6, 6.07) is 21.5. The van der Waals surface area contributed by atoms with Crippen LogP contribution in [0, 0.1) is 0 Å². The first-order valence-electron chi connectivity index (χ1n) is 10.8. The second kappa shape index (κ2) is 11.2. The number of benzene rings is 3. The van der Waals surface area contributed by atoms with Crippen molar-refractivity contribution in [3.05, 3.63) is 99.5 Å². The normalized spacial score (nSPS) is 17.4. The molecule has 1 N–H and O–H groups in total. The van der Waals surface area contributed by atoms with Crippen LogP contribution in [0.5, 0.6) is 5.75 Å². The molecular weight excluding hydrogens is 491 g/mol. The van der Waals surface area contributed by atoms with Gasteiger partial charge in [-0.2, -0.15) is 0 Å². The van der Waals surface area contributed by atoms with E-state index in [9.17, 15) is 9.59 Å². The van der Waals surface area contributed by atoms with Crippen molar-refractivity contribution in [1.82, 2.24) is 10.2 Å². The minimum atomic E-state index is -0.592. The van der Waals surface area contributed by atoms with Gasteiger partial charge in [0.15, 0.2) is 0 Å². The number of carbonyl (C=O) groups is 2. The third-order valence-electron chi connectivity index (χ3n) is 5.67. The van der Waals surface area contributed by atoms with Gasteiger partial charge in [-0.05, 0) is 53.9 Å². The van der Waals surface area contributed by atoms with Crippen LogP contribution in [-0.2, 0) is 11.2 Å². The van der Waals surface area contributed by atoms with E-state index >= 15 is 0 Å². The summed E-state index contributed by atoms with van der Waals surface area (Å²) < 4.78 is 5.21. The fourth-order valence-electron chi connectivity index (χ4n) is 3.88. The lowest BCUT2D eigenvalue weighted by Gasteiger charge is -2.29. The molecule has 176 valence electrons. The number of carbonyl (C=O) groups excluding carboxylic acids is 2. The molecule has 1 fully saturated rings. The van der Waals surface area contributed by atoms with Gasteiger partial charge >= 0.3 is 0 Å². The fourth-order valence-corrected chi connectivity index (χ4v) is 5.81. The average molecular weight is 515 g/mol. The summed E-state index contributed by atoms with van der Waals surface area (Å²) in [5.41, 5.74) is 2.40. The van der Waals surface area contributed by atoms with Gasteiger partial charge in [0.2, 0.25) is 5.91 Å². The van der Waals surface area contributed by atoms with Crippen LogP contribution in [0.3, 0.4) is 0 Å². The van der Waals surface area contributed by atoms with Crippen LogP contribution >= 0.6 is 35.0 Å². The molecular formula is C26H24Cl2N2O3S. The van der Waals surface area contributed by atoms with Crippen molar-refractivity contribution in [2.45, 2.75) is 17.8 Å². The van der Waals surface area contributed by atoms with Crippen molar-refractivity contribution in [2.24, 2.45) is 0 Å². The maximum atomic E-state index is 13.6. The largest absolute Gasteiger partial charge is 0.497 e. The Labute approximate surface area is 213 Å². The molecule has 5 nitrogen and oxygen atoms in total. The predicted molar refractivity (Wildman–Crippen MR) is 138 cm³/mol. The molecule has 3 aromatic carbocycles. The molecule has 0 aliphatic carbocycles. The number of halogens is 2. The Bertz CT molecular complexity index is 1160. The first-order valence-corrected chi connectivity index (χ1v) is 12.6. The lowest BCUT2D eigenvalue weighted by atomic mass is 10.1. The van der Waals surface area contributed by atoms with Crippen LogP contribution in [0.15, 0.2) is 72.8 Å². The molecule has 2 unspecified atom stereocenters. The number of ether oxygens (including phenoxy) is 1. The van der Waals surface area contributed by atoms with Crippen LogP contribution < -0.4 is 10.1 Å². The molecule has 0 bridgehead atoms. The minimum Gasteiger partial charge on any atom is -0.497 e.